The maximum Gasteiger partial charge on any atom is 0.219 e. The summed E-state index contributed by atoms with van der Waals surface area (Å²) in [6, 6.07) is 17.4. The fourth-order valence-corrected chi connectivity index (χ4v) is 5.02. The lowest BCUT2D eigenvalue weighted by atomic mass is 9.90. The first-order chi connectivity index (χ1) is 16.8. The molecule has 0 unspecified atom stereocenters. The number of piperidine rings is 1. The van der Waals surface area contributed by atoms with E-state index in [4.69, 9.17) is 9.47 Å². The Kier molecular flexibility index (Phi) is 7.84. The smallest absolute Gasteiger partial charge is 0.219 e. The highest BCUT2D eigenvalue weighted by Crippen LogP contribution is 2.29. The van der Waals surface area contributed by atoms with Crippen molar-refractivity contribution in [2.75, 3.05) is 64.4 Å². The van der Waals surface area contributed by atoms with E-state index < -0.39 is 11.2 Å². The van der Waals surface area contributed by atoms with E-state index in [1.54, 1.807) is 12.0 Å². The summed E-state index contributed by atoms with van der Waals surface area (Å²) in [7, 11) is 1.66. The largest absolute Gasteiger partial charge is 0.497 e. The third kappa shape index (κ3) is 6.66. The third-order valence-electron chi connectivity index (χ3n) is 7.03. The van der Waals surface area contributed by atoms with Gasteiger partial charge in [-0.1, -0.05) is 18.2 Å². The van der Waals surface area contributed by atoms with Crippen molar-refractivity contribution >= 4 is 11.6 Å². The molecule has 1 atom stereocenters. The van der Waals surface area contributed by atoms with Gasteiger partial charge in [0.25, 0.3) is 0 Å². The average Bonchev–Trinajstić information content (AvgIpc) is 3.03. The molecule has 2 aliphatic rings. The number of benzene rings is 2. The first-order valence-electron chi connectivity index (χ1n) is 12.3. The lowest BCUT2D eigenvalue weighted by molar-refractivity contribution is -0.132. The Morgan fingerprint density at radius 1 is 0.886 bits per heavy atom. The van der Waals surface area contributed by atoms with Crippen molar-refractivity contribution in [3.63, 3.8) is 0 Å². The molecule has 2 heterocycles. The van der Waals surface area contributed by atoms with Crippen LogP contribution in [0.15, 0.2) is 54.6 Å². The van der Waals surface area contributed by atoms with Crippen LogP contribution < -0.4 is 14.4 Å². The summed E-state index contributed by atoms with van der Waals surface area (Å²) < 4.78 is 11.1. The summed E-state index contributed by atoms with van der Waals surface area (Å²) in [5, 5.41) is 22.9. The molecule has 0 saturated carbocycles. The van der Waals surface area contributed by atoms with Crippen LogP contribution in [-0.4, -0.2) is 96.7 Å². The van der Waals surface area contributed by atoms with Crippen LogP contribution in [-0.2, 0) is 4.79 Å². The van der Waals surface area contributed by atoms with Crippen molar-refractivity contribution in [3.8, 4) is 11.5 Å². The number of carbonyl (C=O) groups is 1. The van der Waals surface area contributed by atoms with Crippen LogP contribution in [0.5, 0.6) is 11.5 Å². The maximum atomic E-state index is 12.2. The number of amides is 1. The van der Waals surface area contributed by atoms with Crippen LogP contribution in [0.2, 0.25) is 0 Å². The second-order valence-electron chi connectivity index (χ2n) is 9.89. The molecule has 35 heavy (non-hydrogen) atoms. The molecule has 0 radical (unpaired) electrons. The Morgan fingerprint density at radius 2 is 1.57 bits per heavy atom. The Bertz CT molecular complexity index is 963. The summed E-state index contributed by atoms with van der Waals surface area (Å²) in [6.45, 7) is 5.17. The Morgan fingerprint density at radius 3 is 2.20 bits per heavy atom. The molecular formula is C27H37N3O5. The molecule has 0 aliphatic carbocycles. The lowest BCUT2D eigenvalue weighted by Crippen LogP contribution is -2.55. The van der Waals surface area contributed by atoms with E-state index in [0.29, 0.717) is 44.8 Å². The number of carbonyl (C=O) groups excluding carboxylic acids is 1. The second-order valence-corrected chi connectivity index (χ2v) is 9.89. The van der Waals surface area contributed by atoms with Gasteiger partial charge in [-0.05, 0) is 49.2 Å². The molecule has 0 bridgehead atoms. The zero-order valence-electron chi connectivity index (χ0n) is 20.7. The van der Waals surface area contributed by atoms with Gasteiger partial charge >= 0.3 is 0 Å². The van der Waals surface area contributed by atoms with E-state index in [9.17, 15) is 15.0 Å². The molecule has 8 heteroatoms. The van der Waals surface area contributed by atoms with Crippen LogP contribution in [0, 0.1) is 0 Å². The topological polar surface area (TPSA) is 85.7 Å². The van der Waals surface area contributed by atoms with Gasteiger partial charge in [-0.3, -0.25) is 9.69 Å². The molecule has 0 spiro atoms. The van der Waals surface area contributed by atoms with E-state index in [-0.39, 0.29) is 19.1 Å². The summed E-state index contributed by atoms with van der Waals surface area (Å²) in [5.74, 6) is 1.43. The molecule has 8 nitrogen and oxygen atoms in total. The SMILES string of the molecule is COc1ccc(N2CCC(O)(CN3CCN(C(C)=O)C[C@](O)(COc4ccccc4)C3)CC2)cc1. The Labute approximate surface area is 207 Å². The van der Waals surface area contributed by atoms with Gasteiger partial charge in [-0.15, -0.1) is 0 Å². The maximum absolute atomic E-state index is 12.2. The molecule has 2 aliphatic heterocycles. The molecular weight excluding hydrogens is 446 g/mol. The quantitative estimate of drug-likeness (QED) is 0.623. The van der Waals surface area contributed by atoms with Crippen LogP contribution in [0.1, 0.15) is 19.8 Å². The van der Waals surface area contributed by atoms with Crippen LogP contribution in [0.4, 0.5) is 5.69 Å². The third-order valence-corrected chi connectivity index (χ3v) is 7.03. The number of methoxy groups -OCH3 is 1. The summed E-state index contributed by atoms with van der Waals surface area (Å²) >= 11 is 0. The van der Waals surface area contributed by atoms with Gasteiger partial charge in [-0.25, -0.2) is 0 Å². The second kappa shape index (κ2) is 10.8. The van der Waals surface area contributed by atoms with Crippen molar-refractivity contribution in [3.05, 3.63) is 54.6 Å². The number of anilines is 1. The number of hydrogen-bond donors (Lipinski definition) is 2. The van der Waals surface area contributed by atoms with E-state index in [0.717, 1.165) is 24.5 Å². The highest BCUT2D eigenvalue weighted by Gasteiger charge is 2.40. The molecule has 2 saturated heterocycles. The van der Waals surface area contributed by atoms with Gasteiger partial charge in [0.2, 0.25) is 5.91 Å². The van der Waals surface area contributed by atoms with Gasteiger partial charge in [0.1, 0.15) is 23.7 Å². The fraction of sp³-hybridized carbons (Fsp3) is 0.519. The minimum atomic E-state index is -1.24. The standard InChI is InChI=1S/C27H37N3O5/c1-22(31)30-17-16-28(19-27(33,20-30)21-35-25-6-4-3-5-7-25)18-26(32)12-14-29(15-13-26)23-8-10-24(34-2)11-9-23/h3-11,32-33H,12-21H2,1-2H3/t27-/m0/s1. The highest BCUT2D eigenvalue weighted by atomic mass is 16.5. The molecule has 2 N–H and O–H groups in total. The zero-order valence-corrected chi connectivity index (χ0v) is 20.7. The van der Waals surface area contributed by atoms with E-state index in [1.807, 2.05) is 54.6 Å². The number of ether oxygens (including phenoxy) is 2. The number of aliphatic hydroxyl groups is 2. The molecule has 2 aromatic carbocycles. The number of β-amino-alcohol motifs (C(OH)–C–C–N with tert-alkyl or cyclic N) is 2. The van der Waals surface area contributed by atoms with Crippen molar-refractivity contribution in [1.29, 1.82) is 0 Å². The van der Waals surface area contributed by atoms with Gasteiger partial charge < -0.3 is 29.5 Å². The van der Waals surface area contributed by atoms with Gasteiger partial charge in [0.05, 0.1) is 19.3 Å². The Balaban J connectivity index is 1.39. The van der Waals surface area contributed by atoms with Crippen LogP contribution in [0.3, 0.4) is 0 Å². The molecule has 1 amide bonds. The predicted molar refractivity (Wildman–Crippen MR) is 135 cm³/mol. The molecule has 2 aromatic rings. The molecule has 4 rings (SSSR count). The molecule has 0 aromatic heterocycles. The van der Waals surface area contributed by atoms with Crippen LogP contribution >= 0.6 is 0 Å². The van der Waals surface area contributed by atoms with Gasteiger partial charge in [0.15, 0.2) is 0 Å². The minimum absolute atomic E-state index is 0.0704. The summed E-state index contributed by atoms with van der Waals surface area (Å²) in [5.41, 5.74) is -0.972. The fourth-order valence-electron chi connectivity index (χ4n) is 5.02. The number of hydrogen-bond acceptors (Lipinski definition) is 7. The average molecular weight is 484 g/mol. The van der Waals surface area contributed by atoms with E-state index >= 15 is 0 Å². The minimum Gasteiger partial charge on any atom is -0.497 e. The first-order valence-corrected chi connectivity index (χ1v) is 12.3. The highest BCUT2D eigenvalue weighted by molar-refractivity contribution is 5.73. The Hall–Kier alpha value is -2.81. The van der Waals surface area contributed by atoms with Gasteiger partial charge in [-0.2, -0.15) is 0 Å². The predicted octanol–water partition coefficient (Wildman–Crippen LogP) is 2.00. The lowest BCUT2D eigenvalue weighted by Gasteiger charge is -2.42. The number of rotatable bonds is 7. The van der Waals surface area contributed by atoms with Crippen molar-refractivity contribution in [1.82, 2.24) is 9.80 Å². The van der Waals surface area contributed by atoms with Crippen molar-refractivity contribution < 1.29 is 24.5 Å². The summed E-state index contributed by atoms with van der Waals surface area (Å²) in [4.78, 5) is 18.2. The number of nitrogens with zero attached hydrogens (tertiary/aromatic N) is 3. The first kappa shape index (κ1) is 25.3. The van der Waals surface area contributed by atoms with E-state index in [1.165, 1.54) is 6.92 Å². The molecule has 190 valence electrons. The van der Waals surface area contributed by atoms with Crippen molar-refractivity contribution in [2.45, 2.75) is 31.0 Å². The molecule has 2 fully saturated rings. The normalized spacial score (nSPS) is 23.0. The van der Waals surface area contributed by atoms with Crippen LogP contribution in [0.25, 0.3) is 0 Å². The van der Waals surface area contributed by atoms with E-state index in [2.05, 4.69) is 9.80 Å². The monoisotopic (exact) mass is 483 g/mol. The van der Waals surface area contributed by atoms with Crippen molar-refractivity contribution in [2.24, 2.45) is 0 Å². The number of para-hydroxylation sites is 1. The summed E-state index contributed by atoms with van der Waals surface area (Å²) in [6.07, 6.45) is 1.26. The zero-order chi connectivity index (χ0) is 24.9. The van der Waals surface area contributed by atoms with Gasteiger partial charge in [0, 0.05) is 51.9 Å².